The van der Waals surface area contributed by atoms with Crippen molar-refractivity contribution < 1.29 is 19.6 Å². The van der Waals surface area contributed by atoms with Gasteiger partial charge < -0.3 is 10.0 Å². The normalized spacial score (nSPS) is 16.9. The average molecular weight is 354 g/mol. The van der Waals surface area contributed by atoms with Crippen LogP contribution in [-0.2, 0) is 4.79 Å². The van der Waals surface area contributed by atoms with E-state index in [0.717, 1.165) is 0 Å². The Labute approximate surface area is 150 Å². The van der Waals surface area contributed by atoms with E-state index in [2.05, 4.69) is 0 Å². The number of rotatable bonds is 5. The Morgan fingerprint density at radius 1 is 1.12 bits per heavy atom. The summed E-state index contributed by atoms with van der Waals surface area (Å²) >= 11 is 0. The van der Waals surface area contributed by atoms with E-state index >= 15 is 0 Å². The van der Waals surface area contributed by atoms with Crippen molar-refractivity contribution in [2.75, 3.05) is 18.0 Å². The second-order valence-corrected chi connectivity index (χ2v) is 6.28. The first-order chi connectivity index (χ1) is 12.5. The second kappa shape index (κ2) is 7.35. The van der Waals surface area contributed by atoms with Gasteiger partial charge in [-0.15, -0.1) is 0 Å². The molecule has 1 N–H and O–H groups in total. The van der Waals surface area contributed by atoms with E-state index in [1.165, 1.54) is 6.07 Å². The monoisotopic (exact) mass is 354 g/mol. The van der Waals surface area contributed by atoms with Crippen molar-refractivity contribution in [2.24, 2.45) is 5.92 Å². The Morgan fingerprint density at radius 2 is 1.85 bits per heavy atom. The van der Waals surface area contributed by atoms with E-state index in [1.807, 2.05) is 0 Å². The fourth-order valence-electron chi connectivity index (χ4n) is 3.23. The summed E-state index contributed by atoms with van der Waals surface area (Å²) in [5, 5.41) is 20.8. The lowest BCUT2D eigenvalue weighted by atomic mass is 9.96. The maximum Gasteiger partial charge on any atom is 0.308 e. The number of carbonyl (C=O) groups excluding carboxylic acids is 1. The number of ketones is 1. The van der Waals surface area contributed by atoms with Gasteiger partial charge in [-0.25, -0.2) is 0 Å². The van der Waals surface area contributed by atoms with Gasteiger partial charge in [-0.1, -0.05) is 30.3 Å². The van der Waals surface area contributed by atoms with Crippen molar-refractivity contribution in [2.45, 2.75) is 12.8 Å². The summed E-state index contributed by atoms with van der Waals surface area (Å²) in [6, 6.07) is 12.9. The molecule has 0 bridgehead atoms. The maximum atomic E-state index is 12.5. The number of nitrogens with zero attached hydrogens (tertiary/aromatic N) is 2. The lowest BCUT2D eigenvalue weighted by Gasteiger charge is -2.32. The summed E-state index contributed by atoms with van der Waals surface area (Å²) < 4.78 is 0. The topological polar surface area (TPSA) is 101 Å². The summed E-state index contributed by atoms with van der Waals surface area (Å²) in [4.78, 5) is 36.5. The Morgan fingerprint density at radius 3 is 2.50 bits per heavy atom. The second-order valence-electron chi connectivity index (χ2n) is 6.28. The van der Waals surface area contributed by atoms with Crippen molar-refractivity contribution in [3.63, 3.8) is 0 Å². The van der Waals surface area contributed by atoms with E-state index in [4.69, 9.17) is 0 Å². The maximum absolute atomic E-state index is 12.5. The summed E-state index contributed by atoms with van der Waals surface area (Å²) in [5.41, 5.74) is 0.861. The van der Waals surface area contributed by atoms with Gasteiger partial charge in [0, 0.05) is 30.3 Å². The zero-order valence-electron chi connectivity index (χ0n) is 14.0. The number of piperidine rings is 1. The largest absolute Gasteiger partial charge is 0.481 e. The van der Waals surface area contributed by atoms with E-state index in [1.54, 1.807) is 47.4 Å². The van der Waals surface area contributed by atoms with Crippen LogP contribution in [0, 0.1) is 16.0 Å². The predicted molar refractivity (Wildman–Crippen MR) is 95.5 cm³/mol. The predicted octanol–water partition coefficient (Wildman–Crippen LogP) is 3.13. The Hall–Kier alpha value is -3.22. The molecule has 0 aromatic heterocycles. The third kappa shape index (κ3) is 3.56. The molecule has 1 heterocycles. The molecular weight excluding hydrogens is 336 g/mol. The van der Waals surface area contributed by atoms with Crippen LogP contribution >= 0.6 is 0 Å². The number of hydrogen-bond acceptors (Lipinski definition) is 5. The van der Waals surface area contributed by atoms with Crippen molar-refractivity contribution in [3.05, 3.63) is 69.8 Å². The fourth-order valence-corrected chi connectivity index (χ4v) is 3.23. The average Bonchev–Trinajstić information content (AvgIpc) is 2.67. The highest BCUT2D eigenvalue weighted by Crippen LogP contribution is 2.33. The molecule has 1 unspecified atom stereocenters. The Kier molecular flexibility index (Phi) is 4.97. The van der Waals surface area contributed by atoms with Crippen LogP contribution < -0.4 is 4.90 Å². The summed E-state index contributed by atoms with van der Waals surface area (Å²) in [5.74, 6) is -1.73. The molecule has 26 heavy (non-hydrogen) atoms. The van der Waals surface area contributed by atoms with Crippen LogP contribution in [0.5, 0.6) is 0 Å². The number of carbonyl (C=O) groups is 2. The first kappa shape index (κ1) is 17.6. The molecule has 0 amide bonds. The van der Waals surface area contributed by atoms with E-state index in [-0.39, 0.29) is 23.6 Å². The number of anilines is 1. The molecule has 1 aliphatic heterocycles. The fraction of sp³-hybridized carbons (Fsp3) is 0.263. The molecule has 134 valence electrons. The van der Waals surface area contributed by atoms with E-state index < -0.39 is 16.8 Å². The zero-order chi connectivity index (χ0) is 18.7. The molecule has 0 radical (unpaired) electrons. The zero-order valence-corrected chi connectivity index (χ0v) is 14.0. The van der Waals surface area contributed by atoms with Gasteiger partial charge in [-0.2, -0.15) is 0 Å². The van der Waals surface area contributed by atoms with E-state index in [0.29, 0.717) is 30.6 Å². The first-order valence-electron chi connectivity index (χ1n) is 8.33. The summed E-state index contributed by atoms with van der Waals surface area (Å²) in [6.07, 6.45) is 1.21. The number of nitro benzene ring substituents is 1. The Bertz CT molecular complexity index is 850. The molecule has 1 fully saturated rings. The highest BCUT2D eigenvalue weighted by atomic mass is 16.6. The quantitative estimate of drug-likeness (QED) is 0.503. The third-order valence-corrected chi connectivity index (χ3v) is 4.58. The van der Waals surface area contributed by atoms with Crippen LogP contribution in [-0.4, -0.2) is 34.9 Å². The van der Waals surface area contributed by atoms with Crippen LogP contribution in [0.4, 0.5) is 11.4 Å². The van der Waals surface area contributed by atoms with Gasteiger partial charge in [0.2, 0.25) is 0 Å². The smallest absolute Gasteiger partial charge is 0.308 e. The molecule has 0 aliphatic carbocycles. The minimum Gasteiger partial charge on any atom is -0.481 e. The van der Waals surface area contributed by atoms with Crippen molar-refractivity contribution in [1.29, 1.82) is 0 Å². The summed E-state index contributed by atoms with van der Waals surface area (Å²) in [7, 11) is 0. The van der Waals surface area contributed by atoms with Crippen LogP contribution in [0.1, 0.15) is 28.8 Å². The number of hydrogen-bond donors (Lipinski definition) is 1. The van der Waals surface area contributed by atoms with Crippen molar-refractivity contribution >= 4 is 23.1 Å². The van der Waals surface area contributed by atoms with Crippen LogP contribution in [0.3, 0.4) is 0 Å². The molecule has 1 atom stereocenters. The van der Waals surface area contributed by atoms with E-state index in [9.17, 15) is 24.8 Å². The number of benzene rings is 2. The SMILES string of the molecule is O=C(c1ccccc1)c1ccc(N2CCCC(C(=O)O)C2)c([N+](=O)[O-])c1. The molecular formula is C19H18N2O5. The molecule has 3 rings (SSSR count). The van der Waals surface area contributed by atoms with Crippen LogP contribution in [0.15, 0.2) is 48.5 Å². The van der Waals surface area contributed by atoms with Gasteiger partial charge in [-0.05, 0) is 25.0 Å². The molecule has 2 aromatic rings. The van der Waals surface area contributed by atoms with Gasteiger partial charge >= 0.3 is 5.97 Å². The molecule has 1 saturated heterocycles. The minimum atomic E-state index is -0.895. The van der Waals surface area contributed by atoms with Gasteiger partial charge in [-0.3, -0.25) is 19.7 Å². The molecule has 7 heteroatoms. The van der Waals surface area contributed by atoms with Gasteiger partial charge in [0.25, 0.3) is 5.69 Å². The van der Waals surface area contributed by atoms with Gasteiger partial charge in [0.05, 0.1) is 10.8 Å². The van der Waals surface area contributed by atoms with Crippen molar-refractivity contribution in [1.82, 2.24) is 0 Å². The Balaban J connectivity index is 1.94. The van der Waals surface area contributed by atoms with Crippen LogP contribution in [0.25, 0.3) is 0 Å². The standard InChI is InChI=1S/C19H18N2O5/c22-18(13-5-2-1-3-6-13)14-8-9-16(17(11-14)21(25)26)20-10-4-7-15(12-20)19(23)24/h1-3,5-6,8-9,11,15H,4,7,10,12H2,(H,23,24). The minimum absolute atomic E-state index is 0.183. The lowest BCUT2D eigenvalue weighted by Crippen LogP contribution is -2.39. The first-order valence-corrected chi connectivity index (χ1v) is 8.33. The number of carboxylic acids is 1. The number of aliphatic carboxylic acids is 1. The number of nitro groups is 1. The van der Waals surface area contributed by atoms with Crippen LogP contribution in [0.2, 0.25) is 0 Å². The molecule has 1 aliphatic rings. The third-order valence-electron chi connectivity index (χ3n) is 4.58. The molecule has 7 nitrogen and oxygen atoms in total. The lowest BCUT2D eigenvalue weighted by molar-refractivity contribution is -0.384. The summed E-state index contributed by atoms with van der Waals surface area (Å²) in [6.45, 7) is 0.777. The number of carboxylic acid groups (broad SMARTS) is 1. The molecule has 2 aromatic carbocycles. The molecule has 0 spiro atoms. The van der Waals surface area contributed by atoms with Crippen molar-refractivity contribution in [3.8, 4) is 0 Å². The van der Waals surface area contributed by atoms with Gasteiger partial charge in [0.15, 0.2) is 5.78 Å². The highest BCUT2D eigenvalue weighted by molar-refractivity contribution is 6.09. The highest BCUT2D eigenvalue weighted by Gasteiger charge is 2.29. The van der Waals surface area contributed by atoms with Gasteiger partial charge in [0.1, 0.15) is 5.69 Å². The molecule has 0 saturated carbocycles.